The minimum atomic E-state index is -0.346. The summed E-state index contributed by atoms with van der Waals surface area (Å²) in [7, 11) is 0. The van der Waals surface area contributed by atoms with E-state index in [1.165, 1.54) is 11.3 Å². The van der Waals surface area contributed by atoms with E-state index in [0.29, 0.717) is 28.5 Å². The summed E-state index contributed by atoms with van der Waals surface area (Å²) in [4.78, 5) is 17.7. The number of thiazole rings is 1. The highest BCUT2D eigenvalue weighted by Crippen LogP contribution is 2.36. The van der Waals surface area contributed by atoms with Crippen LogP contribution < -0.4 is 14.3 Å². The molecule has 1 aromatic carbocycles. The molecule has 27 heavy (non-hydrogen) atoms. The largest absolute Gasteiger partial charge is 0.454 e. The normalized spacial score (nSPS) is 13.5. The van der Waals surface area contributed by atoms with Gasteiger partial charge in [-0.3, -0.25) is 9.48 Å². The van der Waals surface area contributed by atoms with Crippen LogP contribution in [0.4, 0.5) is 0 Å². The molecule has 0 bridgehead atoms. The number of ether oxygens (including phenoxy) is 2. The summed E-state index contributed by atoms with van der Waals surface area (Å²) >= 11 is 1.39. The fourth-order valence-electron chi connectivity index (χ4n) is 3.00. The van der Waals surface area contributed by atoms with Crippen molar-refractivity contribution in [2.45, 2.75) is 33.4 Å². The van der Waals surface area contributed by atoms with Crippen LogP contribution in [0.25, 0.3) is 10.2 Å². The fraction of sp³-hybridized carbons (Fsp3) is 0.316. The van der Waals surface area contributed by atoms with E-state index in [4.69, 9.17) is 15.9 Å². The molecule has 0 N–H and O–H groups in total. The zero-order chi connectivity index (χ0) is 19.1. The van der Waals surface area contributed by atoms with Gasteiger partial charge in [-0.05, 0) is 26.8 Å². The molecular weight excluding hydrogens is 364 g/mol. The molecule has 0 aliphatic carbocycles. The molecule has 0 spiro atoms. The monoisotopic (exact) mass is 382 g/mol. The lowest BCUT2D eigenvalue weighted by Crippen LogP contribution is -2.18. The summed E-state index contributed by atoms with van der Waals surface area (Å²) in [5.74, 6) is 3.63. The number of carbonyl (C=O) groups excluding carboxylic acids is 1. The standard InChI is InChI=1S/C19H18N4O3S/c1-5-6-22-13-8-15-16(26-10-25-15)9-17(13)27-19(22)20-18(24)14-7-12(4)21-23(14)11(2)3/h1,7-9,11H,6,10H2,2-4H3. The first-order valence-corrected chi connectivity index (χ1v) is 9.31. The van der Waals surface area contributed by atoms with Gasteiger partial charge in [0.1, 0.15) is 5.69 Å². The third kappa shape index (κ3) is 3.00. The van der Waals surface area contributed by atoms with Crippen molar-refractivity contribution >= 4 is 27.5 Å². The summed E-state index contributed by atoms with van der Waals surface area (Å²) in [5, 5.41) is 4.38. The Morgan fingerprint density at radius 2 is 2.11 bits per heavy atom. The van der Waals surface area contributed by atoms with Crippen LogP contribution in [0.5, 0.6) is 11.5 Å². The number of fused-ring (bicyclic) bond motifs is 2. The first-order valence-electron chi connectivity index (χ1n) is 8.49. The summed E-state index contributed by atoms with van der Waals surface area (Å²) in [6, 6.07) is 5.57. The van der Waals surface area contributed by atoms with Crippen molar-refractivity contribution in [1.29, 1.82) is 0 Å². The molecule has 3 heterocycles. The average molecular weight is 382 g/mol. The van der Waals surface area contributed by atoms with Crippen LogP contribution >= 0.6 is 11.3 Å². The second-order valence-electron chi connectivity index (χ2n) is 6.47. The highest BCUT2D eigenvalue weighted by Gasteiger charge is 2.19. The Morgan fingerprint density at radius 3 is 2.81 bits per heavy atom. The minimum Gasteiger partial charge on any atom is -0.454 e. The van der Waals surface area contributed by atoms with Crippen LogP contribution in [0.2, 0.25) is 0 Å². The van der Waals surface area contributed by atoms with Gasteiger partial charge in [-0.25, -0.2) is 0 Å². The summed E-state index contributed by atoms with van der Waals surface area (Å²) in [6.45, 7) is 6.31. The number of aryl methyl sites for hydroxylation is 1. The maximum Gasteiger partial charge on any atom is 0.297 e. The molecule has 0 atom stereocenters. The molecule has 0 radical (unpaired) electrons. The van der Waals surface area contributed by atoms with Gasteiger partial charge in [-0.2, -0.15) is 10.1 Å². The number of terminal acetylenes is 1. The van der Waals surface area contributed by atoms with E-state index in [0.717, 1.165) is 15.9 Å². The zero-order valence-corrected chi connectivity index (χ0v) is 16.0. The van der Waals surface area contributed by atoms with Crippen molar-refractivity contribution in [3.8, 4) is 23.8 Å². The molecule has 1 aliphatic heterocycles. The van der Waals surface area contributed by atoms with Crippen molar-refractivity contribution in [3.05, 3.63) is 34.4 Å². The molecule has 8 heteroatoms. The lowest BCUT2D eigenvalue weighted by molar-refractivity contribution is 0.0986. The Morgan fingerprint density at radius 1 is 1.37 bits per heavy atom. The smallest absolute Gasteiger partial charge is 0.297 e. The molecule has 3 aromatic rings. The van der Waals surface area contributed by atoms with E-state index < -0.39 is 0 Å². The number of nitrogens with zero attached hydrogens (tertiary/aromatic N) is 4. The zero-order valence-electron chi connectivity index (χ0n) is 15.2. The van der Waals surface area contributed by atoms with E-state index in [2.05, 4.69) is 16.0 Å². The summed E-state index contributed by atoms with van der Waals surface area (Å²) in [5.41, 5.74) is 2.10. The van der Waals surface area contributed by atoms with Crippen LogP contribution in [0, 0.1) is 19.3 Å². The molecule has 0 fully saturated rings. The molecule has 2 aromatic heterocycles. The molecule has 7 nitrogen and oxygen atoms in total. The number of amides is 1. The van der Waals surface area contributed by atoms with Crippen LogP contribution in [-0.2, 0) is 6.54 Å². The van der Waals surface area contributed by atoms with Crippen molar-refractivity contribution in [2.75, 3.05) is 6.79 Å². The predicted molar refractivity (Wildman–Crippen MR) is 102 cm³/mol. The molecule has 0 saturated heterocycles. The third-order valence-corrected chi connectivity index (χ3v) is 5.23. The van der Waals surface area contributed by atoms with Gasteiger partial charge in [0.15, 0.2) is 16.3 Å². The number of rotatable bonds is 3. The van der Waals surface area contributed by atoms with Gasteiger partial charge in [0.25, 0.3) is 5.91 Å². The quantitative estimate of drug-likeness (QED) is 0.653. The van der Waals surface area contributed by atoms with E-state index >= 15 is 0 Å². The Kier molecular flexibility index (Phi) is 4.24. The number of hydrogen-bond donors (Lipinski definition) is 0. The van der Waals surface area contributed by atoms with Gasteiger partial charge in [0, 0.05) is 18.2 Å². The SMILES string of the molecule is C#CCn1c(=NC(=O)c2cc(C)nn2C(C)C)sc2cc3c(cc21)OCO3. The molecule has 1 aliphatic rings. The minimum absolute atomic E-state index is 0.0605. The number of aromatic nitrogens is 3. The van der Waals surface area contributed by atoms with Gasteiger partial charge in [0.2, 0.25) is 6.79 Å². The van der Waals surface area contributed by atoms with E-state index in [1.807, 2.05) is 37.5 Å². The second kappa shape index (κ2) is 6.59. The van der Waals surface area contributed by atoms with E-state index in [9.17, 15) is 4.79 Å². The first-order chi connectivity index (χ1) is 13.0. The van der Waals surface area contributed by atoms with Gasteiger partial charge in [-0.15, -0.1) is 6.42 Å². The van der Waals surface area contributed by atoms with Crippen LogP contribution in [0.1, 0.15) is 36.1 Å². The lowest BCUT2D eigenvalue weighted by Gasteiger charge is -2.08. The second-order valence-corrected chi connectivity index (χ2v) is 7.48. The molecule has 1 amide bonds. The van der Waals surface area contributed by atoms with Gasteiger partial charge in [0.05, 0.1) is 22.5 Å². The first kappa shape index (κ1) is 17.4. The Labute approximate surface area is 159 Å². The highest BCUT2D eigenvalue weighted by atomic mass is 32.1. The third-order valence-electron chi connectivity index (χ3n) is 4.19. The van der Waals surface area contributed by atoms with Crippen LogP contribution in [0.15, 0.2) is 23.2 Å². The van der Waals surface area contributed by atoms with Crippen molar-refractivity contribution in [1.82, 2.24) is 14.3 Å². The molecule has 0 saturated carbocycles. The number of carbonyl (C=O) groups is 1. The maximum absolute atomic E-state index is 12.9. The van der Waals surface area contributed by atoms with Crippen LogP contribution in [0.3, 0.4) is 0 Å². The predicted octanol–water partition coefficient (Wildman–Crippen LogP) is 2.89. The van der Waals surface area contributed by atoms with E-state index in [-0.39, 0.29) is 18.7 Å². The fourth-order valence-corrected chi connectivity index (χ4v) is 4.04. The summed E-state index contributed by atoms with van der Waals surface area (Å²) in [6.07, 6.45) is 5.54. The van der Waals surface area contributed by atoms with Crippen molar-refractivity contribution < 1.29 is 14.3 Å². The topological polar surface area (TPSA) is 70.6 Å². The van der Waals surface area contributed by atoms with Gasteiger partial charge < -0.3 is 14.0 Å². The molecular formula is C19H18N4O3S. The maximum atomic E-state index is 12.9. The number of hydrogen-bond acceptors (Lipinski definition) is 5. The van der Waals surface area contributed by atoms with Crippen molar-refractivity contribution in [2.24, 2.45) is 4.99 Å². The number of benzene rings is 1. The Balaban J connectivity index is 1.87. The molecule has 4 rings (SSSR count). The molecule has 0 unspecified atom stereocenters. The van der Waals surface area contributed by atoms with E-state index in [1.54, 1.807) is 10.7 Å². The highest BCUT2D eigenvalue weighted by molar-refractivity contribution is 7.16. The van der Waals surface area contributed by atoms with Crippen LogP contribution in [-0.4, -0.2) is 27.0 Å². The Bertz CT molecular complexity index is 1160. The lowest BCUT2D eigenvalue weighted by atomic mass is 10.3. The Hall–Kier alpha value is -3.05. The summed E-state index contributed by atoms with van der Waals surface area (Å²) < 4.78 is 15.3. The molecule has 138 valence electrons. The van der Waals surface area contributed by atoms with Gasteiger partial charge >= 0.3 is 0 Å². The average Bonchev–Trinajstić information content (AvgIpc) is 3.31. The van der Waals surface area contributed by atoms with Crippen molar-refractivity contribution in [3.63, 3.8) is 0 Å². The van der Waals surface area contributed by atoms with Gasteiger partial charge in [-0.1, -0.05) is 17.3 Å².